The number of rotatable bonds is 4. The van der Waals surface area contributed by atoms with Crippen LogP contribution in [-0.4, -0.2) is 12.7 Å². The summed E-state index contributed by atoms with van der Waals surface area (Å²) in [6.07, 6.45) is 1.35. The van der Waals surface area contributed by atoms with Crippen LogP contribution in [0.1, 0.15) is 13.8 Å². The van der Waals surface area contributed by atoms with E-state index in [1.165, 1.54) is 18.2 Å². The van der Waals surface area contributed by atoms with Crippen LogP contribution in [0.25, 0.3) is 0 Å². The second-order valence-electron chi connectivity index (χ2n) is 3.52. The standard InChI is InChI=1S/C11H12FNO2/c1-8(2)6-15-11-4-3-9(13-7-14)5-10(11)12/h3-5,8H,6H2,1-2H3. The van der Waals surface area contributed by atoms with Crippen molar-refractivity contribution in [3.8, 4) is 5.75 Å². The van der Waals surface area contributed by atoms with Crippen LogP contribution in [0, 0.1) is 11.7 Å². The highest BCUT2D eigenvalue weighted by atomic mass is 19.1. The van der Waals surface area contributed by atoms with E-state index in [9.17, 15) is 9.18 Å². The number of isocyanates is 1. The molecule has 0 atom stereocenters. The summed E-state index contributed by atoms with van der Waals surface area (Å²) in [6, 6.07) is 4.10. The van der Waals surface area contributed by atoms with Crippen LogP contribution in [0.5, 0.6) is 5.75 Å². The van der Waals surface area contributed by atoms with Gasteiger partial charge in [-0.2, -0.15) is 4.99 Å². The highest BCUT2D eigenvalue weighted by molar-refractivity contribution is 5.50. The maximum Gasteiger partial charge on any atom is 0.240 e. The largest absolute Gasteiger partial charge is 0.490 e. The first kappa shape index (κ1) is 11.4. The fourth-order valence-corrected chi connectivity index (χ4v) is 0.986. The van der Waals surface area contributed by atoms with Crippen molar-refractivity contribution in [2.75, 3.05) is 6.61 Å². The van der Waals surface area contributed by atoms with Gasteiger partial charge in [-0.05, 0) is 18.1 Å². The monoisotopic (exact) mass is 209 g/mol. The maximum atomic E-state index is 13.3. The smallest absolute Gasteiger partial charge is 0.240 e. The molecule has 1 rings (SSSR count). The number of carbonyl (C=O) groups excluding carboxylic acids is 1. The third-order valence-electron chi connectivity index (χ3n) is 1.66. The fraction of sp³-hybridized carbons (Fsp3) is 0.364. The van der Waals surface area contributed by atoms with Crippen molar-refractivity contribution in [2.45, 2.75) is 13.8 Å². The molecule has 1 aromatic rings. The minimum Gasteiger partial charge on any atom is -0.490 e. The minimum absolute atomic E-state index is 0.175. The van der Waals surface area contributed by atoms with Crippen molar-refractivity contribution in [1.82, 2.24) is 0 Å². The molecule has 80 valence electrons. The van der Waals surface area contributed by atoms with Gasteiger partial charge in [0.25, 0.3) is 0 Å². The van der Waals surface area contributed by atoms with Gasteiger partial charge < -0.3 is 4.74 Å². The molecule has 0 saturated carbocycles. The predicted octanol–water partition coefficient (Wildman–Crippen LogP) is 2.83. The number of nitrogens with zero attached hydrogens (tertiary/aromatic N) is 1. The summed E-state index contributed by atoms with van der Waals surface area (Å²) in [7, 11) is 0. The van der Waals surface area contributed by atoms with Gasteiger partial charge in [0.2, 0.25) is 6.08 Å². The first-order valence-electron chi connectivity index (χ1n) is 4.63. The lowest BCUT2D eigenvalue weighted by Crippen LogP contribution is -2.05. The highest BCUT2D eigenvalue weighted by Crippen LogP contribution is 2.22. The Kier molecular flexibility index (Phi) is 4.01. The van der Waals surface area contributed by atoms with Crippen LogP contribution in [0.2, 0.25) is 0 Å². The summed E-state index contributed by atoms with van der Waals surface area (Å²) in [5, 5.41) is 0. The molecule has 15 heavy (non-hydrogen) atoms. The van der Waals surface area contributed by atoms with Crippen molar-refractivity contribution in [2.24, 2.45) is 10.9 Å². The zero-order valence-corrected chi connectivity index (χ0v) is 8.66. The van der Waals surface area contributed by atoms with E-state index in [1.807, 2.05) is 13.8 Å². The number of hydrogen-bond acceptors (Lipinski definition) is 3. The van der Waals surface area contributed by atoms with Gasteiger partial charge in [-0.25, -0.2) is 9.18 Å². The van der Waals surface area contributed by atoms with Gasteiger partial charge in [0.05, 0.1) is 12.3 Å². The number of benzene rings is 1. The van der Waals surface area contributed by atoms with E-state index in [2.05, 4.69) is 4.99 Å². The Bertz CT molecular complexity index is 384. The van der Waals surface area contributed by atoms with Crippen molar-refractivity contribution in [3.63, 3.8) is 0 Å². The molecule has 0 bridgehead atoms. The first-order valence-corrected chi connectivity index (χ1v) is 4.63. The average molecular weight is 209 g/mol. The van der Waals surface area contributed by atoms with Crippen LogP contribution < -0.4 is 4.74 Å². The zero-order valence-electron chi connectivity index (χ0n) is 8.66. The predicted molar refractivity (Wildman–Crippen MR) is 54.5 cm³/mol. The van der Waals surface area contributed by atoms with Crippen LogP contribution in [0.3, 0.4) is 0 Å². The van der Waals surface area contributed by atoms with E-state index in [0.717, 1.165) is 6.07 Å². The van der Waals surface area contributed by atoms with E-state index < -0.39 is 5.82 Å². The molecule has 0 heterocycles. The average Bonchev–Trinajstić information content (AvgIpc) is 2.17. The molecule has 0 radical (unpaired) electrons. The Morgan fingerprint density at radius 3 is 2.80 bits per heavy atom. The number of halogens is 1. The molecule has 0 unspecified atom stereocenters. The number of hydrogen-bond donors (Lipinski definition) is 0. The van der Waals surface area contributed by atoms with Gasteiger partial charge in [0.1, 0.15) is 0 Å². The molecule has 0 aromatic heterocycles. The summed E-state index contributed by atoms with van der Waals surface area (Å²) in [4.78, 5) is 13.2. The van der Waals surface area contributed by atoms with Crippen LogP contribution in [-0.2, 0) is 4.79 Å². The molecule has 0 amide bonds. The van der Waals surface area contributed by atoms with Crippen molar-refractivity contribution in [3.05, 3.63) is 24.0 Å². The molecular formula is C11H12FNO2. The summed E-state index contributed by atoms with van der Waals surface area (Å²) >= 11 is 0. The van der Waals surface area contributed by atoms with E-state index in [1.54, 1.807) is 0 Å². The first-order chi connectivity index (χ1) is 7.13. The van der Waals surface area contributed by atoms with E-state index in [-0.39, 0.29) is 11.4 Å². The van der Waals surface area contributed by atoms with Gasteiger partial charge in [-0.3, -0.25) is 0 Å². The number of ether oxygens (including phenoxy) is 1. The summed E-state index contributed by atoms with van der Waals surface area (Å²) < 4.78 is 18.5. The van der Waals surface area contributed by atoms with E-state index >= 15 is 0 Å². The Hall–Kier alpha value is -1.67. The van der Waals surface area contributed by atoms with Crippen LogP contribution >= 0.6 is 0 Å². The van der Waals surface area contributed by atoms with Gasteiger partial charge in [-0.1, -0.05) is 13.8 Å². The van der Waals surface area contributed by atoms with Gasteiger partial charge in [0.15, 0.2) is 11.6 Å². The SMILES string of the molecule is CC(C)COc1ccc(N=C=O)cc1F. The Balaban J connectivity index is 2.78. The minimum atomic E-state index is -0.521. The van der Waals surface area contributed by atoms with E-state index in [0.29, 0.717) is 12.5 Å². The lowest BCUT2D eigenvalue weighted by atomic mass is 10.2. The fourth-order valence-electron chi connectivity index (χ4n) is 0.986. The third-order valence-corrected chi connectivity index (χ3v) is 1.66. The molecule has 0 aliphatic heterocycles. The van der Waals surface area contributed by atoms with Crippen LogP contribution in [0.4, 0.5) is 10.1 Å². The Morgan fingerprint density at radius 1 is 1.53 bits per heavy atom. The molecule has 0 spiro atoms. The van der Waals surface area contributed by atoms with Gasteiger partial charge in [0, 0.05) is 6.07 Å². The summed E-state index contributed by atoms with van der Waals surface area (Å²) in [6.45, 7) is 4.40. The molecule has 0 aliphatic rings. The van der Waals surface area contributed by atoms with Gasteiger partial charge in [-0.15, -0.1) is 0 Å². The van der Waals surface area contributed by atoms with Crippen molar-refractivity contribution < 1.29 is 13.9 Å². The zero-order chi connectivity index (χ0) is 11.3. The molecular weight excluding hydrogens is 197 g/mol. The lowest BCUT2D eigenvalue weighted by Gasteiger charge is -2.09. The summed E-state index contributed by atoms with van der Waals surface area (Å²) in [5.41, 5.74) is 0.236. The quantitative estimate of drug-likeness (QED) is 0.565. The normalized spacial score (nSPS) is 9.87. The molecule has 0 aliphatic carbocycles. The lowest BCUT2D eigenvalue weighted by molar-refractivity contribution is 0.259. The molecule has 4 heteroatoms. The second-order valence-corrected chi connectivity index (χ2v) is 3.52. The third kappa shape index (κ3) is 3.52. The maximum absolute atomic E-state index is 13.3. The molecule has 0 saturated heterocycles. The van der Waals surface area contributed by atoms with Crippen molar-refractivity contribution >= 4 is 11.8 Å². The number of aliphatic imine (C=N–C) groups is 1. The topological polar surface area (TPSA) is 38.7 Å². The Morgan fingerprint density at radius 2 is 2.27 bits per heavy atom. The molecule has 1 aromatic carbocycles. The van der Waals surface area contributed by atoms with Crippen LogP contribution in [0.15, 0.2) is 23.2 Å². The van der Waals surface area contributed by atoms with E-state index in [4.69, 9.17) is 4.74 Å². The second kappa shape index (κ2) is 5.27. The van der Waals surface area contributed by atoms with Crippen molar-refractivity contribution in [1.29, 1.82) is 0 Å². The highest BCUT2D eigenvalue weighted by Gasteiger charge is 2.05. The molecule has 3 nitrogen and oxygen atoms in total. The Labute approximate surface area is 87.6 Å². The van der Waals surface area contributed by atoms with Gasteiger partial charge >= 0.3 is 0 Å². The molecule has 0 N–H and O–H groups in total. The molecule has 0 fully saturated rings. The summed E-state index contributed by atoms with van der Waals surface area (Å²) in [5.74, 6) is -0.0160.